The van der Waals surface area contributed by atoms with Gasteiger partial charge >= 0.3 is 0 Å². The molecule has 1 heterocycles. The molecule has 2 rings (SSSR count). The van der Waals surface area contributed by atoms with Crippen molar-refractivity contribution in [3.8, 4) is 11.3 Å². The van der Waals surface area contributed by atoms with Gasteiger partial charge in [0, 0.05) is 18.7 Å². The van der Waals surface area contributed by atoms with E-state index in [1.54, 1.807) is 18.3 Å². The summed E-state index contributed by atoms with van der Waals surface area (Å²) in [5, 5.41) is 9.03. The molecule has 17 heavy (non-hydrogen) atoms. The molecule has 0 fully saturated rings. The molecule has 0 saturated heterocycles. The minimum Gasteiger partial charge on any atom is -0.392 e. The molecule has 0 atom stereocenters. The SMILES string of the molecule is [CH2-][n+]1ccc(CO)cc1-c1ccc(F)cc1F. The van der Waals surface area contributed by atoms with Crippen molar-refractivity contribution in [3.05, 3.63) is 60.8 Å². The van der Waals surface area contributed by atoms with Gasteiger partial charge in [0.1, 0.15) is 17.3 Å². The Bertz CT molecular complexity index is 555. The van der Waals surface area contributed by atoms with Gasteiger partial charge in [-0.05, 0) is 17.7 Å². The number of hydrogen-bond donors (Lipinski definition) is 1. The first kappa shape index (κ1) is 11.5. The van der Waals surface area contributed by atoms with E-state index in [4.69, 9.17) is 5.11 Å². The van der Waals surface area contributed by atoms with Crippen LogP contribution < -0.4 is 4.57 Å². The van der Waals surface area contributed by atoms with Crippen LogP contribution in [0.15, 0.2) is 36.5 Å². The van der Waals surface area contributed by atoms with Gasteiger partial charge in [0.2, 0.25) is 0 Å². The lowest BCUT2D eigenvalue weighted by atomic mass is 10.1. The Morgan fingerprint density at radius 2 is 1.94 bits per heavy atom. The maximum atomic E-state index is 13.6. The Hall–Kier alpha value is -1.94. The first-order valence-corrected chi connectivity index (χ1v) is 5.03. The van der Waals surface area contributed by atoms with E-state index in [9.17, 15) is 8.78 Å². The lowest BCUT2D eigenvalue weighted by Gasteiger charge is -2.10. The fraction of sp³-hybridized carbons (Fsp3) is 0.0769. The highest BCUT2D eigenvalue weighted by Gasteiger charge is 2.10. The quantitative estimate of drug-likeness (QED) is 0.625. The third-order valence-corrected chi connectivity index (χ3v) is 2.49. The van der Waals surface area contributed by atoms with Crippen LogP contribution >= 0.6 is 0 Å². The van der Waals surface area contributed by atoms with Crippen LogP contribution in [0.1, 0.15) is 5.56 Å². The highest BCUT2D eigenvalue weighted by molar-refractivity contribution is 5.57. The highest BCUT2D eigenvalue weighted by Crippen LogP contribution is 2.21. The molecule has 2 nitrogen and oxygen atoms in total. The van der Waals surface area contributed by atoms with Gasteiger partial charge in [0.25, 0.3) is 0 Å². The lowest BCUT2D eigenvalue weighted by Crippen LogP contribution is -2.28. The van der Waals surface area contributed by atoms with E-state index < -0.39 is 11.6 Å². The van der Waals surface area contributed by atoms with Crippen LogP contribution in [-0.2, 0) is 6.61 Å². The lowest BCUT2D eigenvalue weighted by molar-refractivity contribution is -0.600. The summed E-state index contributed by atoms with van der Waals surface area (Å²) in [5.74, 6) is -1.28. The number of nitrogens with zero attached hydrogens (tertiary/aromatic N) is 1. The van der Waals surface area contributed by atoms with Crippen molar-refractivity contribution < 1.29 is 18.5 Å². The zero-order valence-electron chi connectivity index (χ0n) is 9.03. The van der Waals surface area contributed by atoms with Gasteiger partial charge in [-0.1, -0.05) is 12.1 Å². The van der Waals surface area contributed by atoms with E-state index in [-0.39, 0.29) is 12.2 Å². The molecule has 4 heteroatoms. The number of aliphatic hydroxyl groups excluding tert-OH is 1. The Kier molecular flexibility index (Phi) is 3.06. The molecule has 0 aliphatic carbocycles. The molecule has 0 amide bonds. The second-order valence-corrected chi connectivity index (χ2v) is 3.67. The summed E-state index contributed by atoms with van der Waals surface area (Å²) in [6, 6.07) is 6.65. The molecule has 1 N–H and O–H groups in total. The molecule has 0 aliphatic heterocycles. The van der Waals surface area contributed by atoms with Gasteiger partial charge < -0.3 is 9.67 Å². The summed E-state index contributed by atoms with van der Waals surface area (Å²) in [4.78, 5) is 0. The van der Waals surface area contributed by atoms with E-state index in [2.05, 4.69) is 7.05 Å². The van der Waals surface area contributed by atoms with Crippen molar-refractivity contribution in [2.45, 2.75) is 6.61 Å². The van der Waals surface area contributed by atoms with Crippen LogP contribution in [-0.4, -0.2) is 5.11 Å². The van der Waals surface area contributed by atoms with Crippen LogP contribution in [0, 0.1) is 18.7 Å². The minimum atomic E-state index is -0.655. The van der Waals surface area contributed by atoms with Gasteiger partial charge in [-0.3, -0.25) is 0 Å². The third-order valence-electron chi connectivity index (χ3n) is 2.49. The first-order valence-electron chi connectivity index (χ1n) is 5.03. The molecule has 0 saturated carbocycles. The Morgan fingerprint density at radius 1 is 1.18 bits per heavy atom. The summed E-state index contributed by atoms with van der Waals surface area (Å²) in [6.45, 7) is -0.142. The Balaban J connectivity index is 2.59. The van der Waals surface area contributed by atoms with Crippen LogP contribution in [0.2, 0.25) is 0 Å². The second kappa shape index (κ2) is 4.51. The molecule has 0 unspecified atom stereocenters. The second-order valence-electron chi connectivity index (χ2n) is 3.67. The number of benzene rings is 1. The van der Waals surface area contributed by atoms with Crippen molar-refractivity contribution >= 4 is 0 Å². The normalized spacial score (nSPS) is 10.5. The van der Waals surface area contributed by atoms with Crippen molar-refractivity contribution in [2.24, 2.45) is 0 Å². The highest BCUT2D eigenvalue weighted by atomic mass is 19.1. The van der Waals surface area contributed by atoms with E-state index >= 15 is 0 Å². The standard InChI is InChI=1S/C13H11F2NO/c1-16-5-4-9(8-17)6-13(16)11-3-2-10(14)7-12(11)15/h2-7,17H,1,8H2. The van der Waals surface area contributed by atoms with Crippen molar-refractivity contribution in [2.75, 3.05) is 0 Å². The Morgan fingerprint density at radius 3 is 2.59 bits per heavy atom. The number of rotatable bonds is 2. The van der Waals surface area contributed by atoms with E-state index in [0.717, 1.165) is 6.07 Å². The summed E-state index contributed by atoms with van der Waals surface area (Å²) in [7, 11) is 3.71. The van der Waals surface area contributed by atoms with E-state index in [1.165, 1.54) is 16.7 Å². The fourth-order valence-corrected chi connectivity index (χ4v) is 1.60. The zero-order chi connectivity index (χ0) is 12.4. The smallest absolute Gasteiger partial charge is 0.127 e. The van der Waals surface area contributed by atoms with Gasteiger partial charge in [0.15, 0.2) is 0 Å². The molecule has 2 aromatic rings. The fourth-order valence-electron chi connectivity index (χ4n) is 1.60. The number of aromatic nitrogens is 1. The molecule has 88 valence electrons. The molecule has 0 aliphatic rings. The average Bonchev–Trinajstić information content (AvgIpc) is 2.30. The van der Waals surface area contributed by atoms with Crippen LogP contribution in [0.25, 0.3) is 11.3 Å². The summed E-state index contributed by atoms with van der Waals surface area (Å²) in [6.07, 6.45) is 1.61. The van der Waals surface area contributed by atoms with Crippen LogP contribution in [0.3, 0.4) is 0 Å². The number of pyridine rings is 1. The molecule has 1 aromatic carbocycles. The largest absolute Gasteiger partial charge is 0.392 e. The molecule has 0 spiro atoms. The first-order chi connectivity index (χ1) is 8.11. The average molecular weight is 235 g/mol. The van der Waals surface area contributed by atoms with Crippen molar-refractivity contribution in [1.82, 2.24) is 0 Å². The maximum Gasteiger partial charge on any atom is 0.127 e. The minimum absolute atomic E-state index is 0.142. The molecular weight excluding hydrogens is 224 g/mol. The van der Waals surface area contributed by atoms with Crippen molar-refractivity contribution in [1.29, 1.82) is 0 Å². The van der Waals surface area contributed by atoms with Crippen LogP contribution in [0.4, 0.5) is 8.78 Å². The van der Waals surface area contributed by atoms with Crippen molar-refractivity contribution in [3.63, 3.8) is 0 Å². The predicted molar refractivity (Wildman–Crippen MR) is 58.7 cm³/mol. The van der Waals surface area contributed by atoms with Crippen LogP contribution in [0.5, 0.6) is 0 Å². The topological polar surface area (TPSA) is 24.1 Å². The van der Waals surface area contributed by atoms with Gasteiger partial charge in [-0.15, -0.1) is 0 Å². The Labute approximate surface area is 97.8 Å². The molecule has 0 radical (unpaired) electrons. The zero-order valence-corrected chi connectivity index (χ0v) is 9.03. The summed E-state index contributed by atoms with van der Waals surface area (Å²) >= 11 is 0. The summed E-state index contributed by atoms with van der Waals surface area (Å²) < 4.78 is 27.9. The molecular formula is C13H11F2NO. The van der Waals surface area contributed by atoms with Gasteiger partial charge in [-0.25, -0.2) is 8.78 Å². The predicted octanol–water partition coefficient (Wildman–Crippen LogP) is 2.05. The van der Waals surface area contributed by atoms with E-state index in [1.807, 2.05) is 0 Å². The number of halogens is 2. The van der Waals surface area contributed by atoms with Gasteiger partial charge in [-0.2, -0.15) is 0 Å². The number of aliphatic hydroxyl groups is 1. The monoisotopic (exact) mass is 235 g/mol. The molecule has 0 bridgehead atoms. The number of hydrogen-bond acceptors (Lipinski definition) is 1. The molecule has 1 aromatic heterocycles. The van der Waals surface area contributed by atoms with Gasteiger partial charge in [0.05, 0.1) is 12.8 Å². The maximum absolute atomic E-state index is 13.6. The summed E-state index contributed by atoms with van der Waals surface area (Å²) in [5.41, 5.74) is 1.37. The van der Waals surface area contributed by atoms with E-state index in [0.29, 0.717) is 11.3 Å². The third kappa shape index (κ3) is 2.26.